The van der Waals surface area contributed by atoms with Crippen molar-refractivity contribution in [3.63, 3.8) is 0 Å². The summed E-state index contributed by atoms with van der Waals surface area (Å²) >= 11 is 0. The fourth-order valence-corrected chi connectivity index (χ4v) is 5.37. The molecule has 128 valence electrons. The molecule has 0 spiro atoms. The van der Waals surface area contributed by atoms with Crippen molar-refractivity contribution in [1.29, 1.82) is 0 Å². The van der Waals surface area contributed by atoms with E-state index in [2.05, 4.69) is 8.50 Å². The van der Waals surface area contributed by atoms with Crippen molar-refractivity contribution in [2.45, 2.75) is 16.7 Å². The van der Waals surface area contributed by atoms with E-state index in [-0.39, 0.29) is 39.3 Å². The smallest absolute Gasteiger partial charge is 0.490 e. The maximum atomic E-state index is 13.1. The van der Waals surface area contributed by atoms with Crippen molar-refractivity contribution in [3.8, 4) is 0 Å². The number of carbonyl (C=O) groups is 1. The second-order valence-corrected chi connectivity index (χ2v) is 8.75. The third kappa shape index (κ3) is 5.58. The van der Waals surface area contributed by atoms with Crippen molar-refractivity contribution >= 4 is 25.7 Å². The molecule has 0 aliphatic heterocycles. The summed E-state index contributed by atoms with van der Waals surface area (Å²) in [6.07, 6.45) is 0. The molecule has 0 aliphatic rings. The van der Waals surface area contributed by atoms with Crippen LogP contribution in [-0.2, 0) is 29.3 Å². The Hall–Kier alpha value is -1.32. The summed E-state index contributed by atoms with van der Waals surface area (Å²) in [6.45, 7) is 1.81. The van der Waals surface area contributed by atoms with Crippen LogP contribution in [0.15, 0.2) is 68.2 Å². The molecule has 0 radical (unpaired) electrons. The van der Waals surface area contributed by atoms with Gasteiger partial charge in [0.05, 0.1) is 12.0 Å². The number of carbonyl (C=O) groups excluding carboxylic acids is 1. The molecule has 2 rings (SSSR count). The molecule has 0 unspecified atom stereocenters. The number of aryl methyl sites for hydroxylation is 1. The first-order chi connectivity index (χ1) is 11.3. The molecule has 0 N–H and O–H groups in total. The van der Waals surface area contributed by atoms with Gasteiger partial charge in [0.2, 0.25) is 0 Å². The molecule has 0 fully saturated rings. The Labute approximate surface area is 170 Å². The number of ether oxygens (including phenoxy) is 1. The van der Waals surface area contributed by atoms with E-state index in [1.54, 1.807) is 30.3 Å². The molecule has 6 nitrogen and oxygen atoms in total. The summed E-state index contributed by atoms with van der Waals surface area (Å²) in [4.78, 5) is 11.6. The second-order valence-electron chi connectivity index (χ2n) is 4.89. The molecule has 2 aromatic carbocycles. The van der Waals surface area contributed by atoms with E-state index in [1.165, 1.54) is 24.3 Å². The van der Waals surface area contributed by atoms with Gasteiger partial charge in [-0.2, -0.15) is 14.2 Å². The van der Waals surface area contributed by atoms with Gasteiger partial charge < -0.3 is 4.74 Å². The van der Waals surface area contributed by atoms with Crippen LogP contribution in [0.2, 0.25) is 0 Å². The molecule has 0 bridgehead atoms. The normalized spacial score (nSPS) is 13.0. The van der Waals surface area contributed by atoms with Gasteiger partial charge in [0.15, 0.2) is 5.97 Å². The predicted octanol–water partition coefficient (Wildman–Crippen LogP) is -0.450. The molecular formula is C16H16NNaO5S2. The van der Waals surface area contributed by atoms with Crippen molar-refractivity contribution in [2.75, 3.05) is 7.11 Å². The van der Waals surface area contributed by atoms with Crippen molar-refractivity contribution in [1.82, 2.24) is 0 Å². The van der Waals surface area contributed by atoms with Gasteiger partial charge >= 0.3 is 29.6 Å². The summed E-state index contributed by atoms with van der Waals surface area (Å²) in [7, 11) is -6.77. The number of hydrogen-bond donors (Lipinski definition) is 0. The Balaban J connectivity index is 0.00000312. The van der Waals surface area contributed by atoms with Crippen LogP contribution >= 0.6 is 0 Å². The fourth-order valence-electron chi connectivity index (χ4n) is 1.83. The van der Waals surface area contributed by atoms with Crippen LogP contribution in [0.1, 0.15) is 5.56 Å². The first-order valence-electron chi connectivity index (χ1n) is 6.85. The summed E-state index contributed by atoms with van der Waals surface area (Å²) in [5.74, 6) is -0.236. The van der Waals surface area contributed by atoms with Crippen LogP contribution in [0, 0.1) is 12.7 Å². The average Bonchev–Trinajstić information content (AvgIpc) is 2.55. The van der Waals surface area contributed by atoms with Gasteiger partial charge in [-0.05, 0) is 40.9 Å². The largest absolute Gasteiger partial charge is 1.00 e. The number of rotatable bonds is 5. The van der Waals surface area contributed by atoms with Crippen molar-refractivity contribution < 1.29 is 51.7 Å². The Bertz CT molecular complexity index is 948. The third-order valence-electron chi connectivity index (χ3n) is 3.07. The molecular weight excluding hydrogens is 373 g/mol. The summed E-state index contributed by atoms with van der Waals surface area (Å²) in [6, 6.07) is 13.7. The summed E-state index contributed by atoms with van der Waals surface area (Å²) in [5.41, 5.74) is 0.874. The standard InChI is InChI=1S/C16H16NO5S2.Na/c1-13-8-10-15(11-9-13)24(20,21)17-23(19,12-16(18)22-2)14-6-4-3-5-7-14;/h3-12H,1-2H3;/q-1;+1/t23-;/m0./s1. The quantitative estimate of drug-likeness (QED) is 0.393. The average molecular weight is 389 g/mol. The van der Waals surface area contributed by atoms with Gasteiger partial charge in [-0.1, -0.05) is 35.9 Å². The van der Waals surface area contributed by atoms with E-state index in [4.69, 9.17) is 0 Å². The minimum atomic E-state index is -4.23. The summed E-state index contributed by atoms with van der Waals surface area (Å²) in [5, 5.41) is 0. The third-order valence-corrected chi connectivity index (χ3v) is 7.06. The van der Waals surface area contributed by atoms with Gasteiger partial charge in [-0.25, -0.2) is 0 Å². The molecule has 0 aliphatic carbocycles. The van der Waals surface area contributed by atoms with Crippen LogP contribution in [0.25, 0.3) is 0 Å². The van der Waals surface area contributed by atoms with E-state index in [0.29, 0.717) is 5.75 Å². The molecule has 1 atom stereocenters. The molecule has 2 aromatic rings. The maximum Gasteiger partial charge on any atom is 1.00 e. The second kappa shape index (κ2) is 8.86. The molecule has 0 saturated heterocycles. The minimum absolute atomic E-state index is 0. The van der Waals surface area contributed by atoms with Crippen LogP contribution in [0.5, 0.6) is 0 Å². The number of benzene rings is 2. The number of sulfonamides is 1. The Morgan fingerprint density at radius 1 is 0.960 bits per heavy atom. The van der Waals surface area contributed by atoms with Gasteiger partial charge in [0.25, 0.3) is 10.0 Å². The van der Waals surface area contributed by atoms with Crippen molar-refractivity contribution in [2.24, 2.45) is 3.77 Å². The van der Waals surface area contributed by atoms with Gasteiger partial charge in [0.1, 0.15) is 0 Å². The molecule has 0 saturated carbocycles. The van der Waals surface area contributed by atoms with Crippen LogP contribution in [-0.4, -0.2) is 25.7 Å². The zero-order valence-electron chi connectivity index (χ0n) is 14.1. The van der Waals surface area contributed by atoms with Gasteiger partial charge in [-0.15, -0.1) is 3.77 Å². The van der Waals surface area contributed by atoms with E-state index in [0.717, 1.165) is 12.7 Å². The van der Waals surface area contributed by atoms with Crippen LogP contribution < -0.4 is 29.6 Å². The number of nitrogens with zero attached hydrogens (tertiary/aromatic N) is 1. The zero-order valence-corrected chi connectivity index (χ0v) is 17.7. The van der Waals surface area contributed by atoms with Crippen molar-refractivity contribution in [3.05, 3.63) is 65.9 Å². The van der Waals surface area contributed by atoms with E-state index >= 15 is 0 Å². The zero-order chi connectivity index (χ0) is 17.8. The molecule has 0 heterocycles. The Morgan fingerprint density at radius 3 is 2.04 bits per heavy atom. The molecule has 0 aromatic heterocycles. The van der Waals surface area contributed by atoms with E-state index in [9.17, 15) is 17.4 Å². The van der Waals surface area contributed by atoms with Crippen LogP contribution in [0.3, 0.4) is 0 Å². The number of methoxy groups -OCH3 is 1. The van der Waals surface area contributed by atoms with Gasteiger partial charge in [-0.3, -0.25) is 9.00 Å². The topological polar surface area (TPSA) is 89.9 Å². The Morgan fingerprint density at radius 2 is 1.52 bits per heavy atom. The number of esters is 1. The van der Waals surface area contributed by atoms with E-state index in [1.807, 2.05) is 6.92 Å². The first kappa shape index (κ1) is 21.7. The molecule has 0 amide bonds. The SMILES string of the molecule is COC(=O)[CH-][S@@](=O)(=NS(=O)(=O)c1ccc(C)cc1)c1ccccc1.[Na+]. The Kier molecular flexibility index (Phi) is 7.70. The predicted molar refractivity (Wildman–Crippen MR) is 90.0 cm³/mol. The van der Waals surface area contributed by atoms with Gasteiger partial charge in [0, 0.05) is 4.90 Å². The van der Waals surface area contributed by atoms with Crippen LogP contribution in [0.4, 0.5) is 0 Å². The fraction of sp³-hybridized carbons (Fsp3) is 0.125. The minimum Gasteiger partial charge on any atom is -0.490 e. The number of hydrogen-bond acceptors (Lipinski definition) is 5. The maximum absolute atomic E-state index is 13.1. The van der Waals surface area contributed by atoms with E-state index < -0.39 is 25.7 Å². The summed E-state index contributed by atoms with van der Waals surface area (Å²) < 4.78 is 46.1. The monoisotopic (exact) mass is 389 g/mol. The molecule has 25 heavy (non-hydrogen) atoms. The first-order valence-corrected chi connectivity index (χ1v) is 9.86. The molecule has 9 heteroatoms.